The van der Waals surface area contributed by atoms with Gasteiger partial charge in [0.1, 0.15) is 29.3 Å². The Morgan fingerprint density at radius 2 is 1.83 bits per heavy atom. The van der Waals surface area contributed by atoms with Crippen molar-refractivity contribution in [3.63, 3.8) is 0 Å². The van der Waals surface area contributed by atoms with Crippen molar-refractivity contribution in [3.8, 4) is 0 Å². The minimum Gasteiger partial charge on any atom is -0.479 e. The summed E-state index contributed by atoms with van der Waals surface area (Å²) in [4.78, 5) is 69.7. The van der Waals surface area contributed by atoms with Gasteiger partial charge in [-0.15, -0.1) is 0 Å². The molecule has 1 saturated heterocycles. The van der Waals surface area contributed by atoms with Crippen LogP contribution in [0.3, 0.4) is 0 Å². The molecule has 256 valence electrons. The maximum Gasteiger partial charge on any atom is 0.410 e. The van der Waals surface area contributed by atoms with Crippen molar-refractivity contribution in [2.45, 2.75) is 121 Å². The molecule has 4 aliphatic rings. The molecule has 1 aliphatic carbocycles. The van der Waals surface area contributed by atoms with Gasteiger partial charge in [-0.25, -0.2) is 14.4 Å². The Hall–Kier alpha value is -4.09. The standard InChI is InChI=1S/C35H48N4O8/c1-33(2,3)47-31(44)36-26-16-10-8-6-7-9-14-23-18-35(23,30(42)43)37-28(40)27-17-24(20-39(27)29(26)41)46-32(45)38-19-22-13-11-12-15-25(22)34(4,5)21-38/h9,11-15,23-24,26-27H,6-8,10,16-21H2,1-5H3,(H,36,44)(H,37,40)(H,42,43)/b14-9-/t23-,24-,26+,27+,35-/m1/s1. The number of nitrogens with zero attached hydrogens (tertiary/aromatic N) is 2. The number of allylic oxidation sites excluding steroid dienone is 1. The van der Waals surface area contributed by atoms with Gasteiger partial charge in [-0.2, -0.15) is 0 Å². The van der Waals surface area contributed by atoms with E-state index >= 15 is 0 Å². The van der Waals surface area contributed by atoms with Crippen LogP contribution in [0.1, 0.15) is 90.7 Å². The summed E-state index contributed by atoms with van der Waals surface area (Å²) < 4.78 is 11.4. The van der Waals surface area contributed by atoms with Gasteiger partial charge in [0.2, 0.25) is 11.8 Å². The Labute approximate surface area is 276 Å². The Morgan fingerprint density at radius 1 is 1.09 bits per heavy atom. The zero-order valence-electron chi connectivity index (χ0n) is 28.0. The first kappa shape index (κ1) is 34.3. The lowest BCUT2D eigenvalue weighted by atomic mass is 9.78. The van der Waals surface area contributed by atoms with Crippen LogP contribution >= 0.6 is 0 Å². The van der Waals surface area contributed by atoms with Gasteiger partial charge in [0.15, 0.2) is 0 Å². The maximum atomic E-state index is 14.2. The van der Waals surface area contributed by atoms with Crippen LogP contribution in [0.25, 0.3) is 0 Å². The van der Waals surface area contributed by atoms with E-state index < -0.39 is 59.3 Å². The Bertz CT molecular complexity index is 1430. The van der Waals surface area contributed by atoms with Gasteiger partial charge in [-0.3, -0.25) is 9.59 Å². The van der Waals surface area contributed by atoms with E-state index in [2.05, 4.69) is 30.5 Å². The molecule has 3 aliphatic heterocycles. The summed E-state index contributed by atoms with van der Waals surface area (Å²) >= 11 is 0. The average Bonchev–Trinajstić information content (AvgIpc) is 3.51. The van der Waals surface area contributed by atoms with Gasteiger partial charge in [0.05, 0.1) is 6.54 Å². The number of aliphatic carboxylic acids is 1. The molecule has 0 unspecified atom stereocenters. The first-order chi connectivity index (χ1) is 22.1. The van der Waals surface area contributed by atoms with Crippen LogP contribution in [0.15, 0.2) is 36.4 Å². The molecule has 0 bridgehead atoms. The summed E-state index contributed by atoms with van der Waals surface area (Å²) in [6.45, 7) is 10.0. The van der Waals surface area contributed by atoms with Crippen molar-refractivity contribution in [2.75, 3.05) is 13.1 Å². The van der Waals surface area contributed by atoms with E-state index in [-0.39, 0.29) is 30.7 Å². The van der Waals surface area contributed by atoms with Crippen molar-refractivity contribution in [2.24, 2.45) is 5.92 Å². The number of carbonyl (C=O) groups excluding carboxylic acids is 4. The summed E-state index contributed by atoms with van der Waals surface area (Å²) in [6.07, 6.45) is 5.22. The quantitative estimate of drug-likeness (QED) is 0.410. The third kappa shape index (κ3) is 7.73. The largest absolute Gasteiger partial charge is 0.479 e. The second-order valence-electron chi connectivity index (χ2n) is 15.0. The summed E-state index contributed by atoms with van der Waals surface area (Å²) in [7, 11) is 0. The topological polar surface area (TPSA) is 155 Å². The monoisotopic (exact) mass is 652 g/mol. The van der Waals surface area contributed by atoms with Crippen LogP contribution in [0.5, 0.6) is 0 Å². The van der Waals surface area contributed by atoms with Crippen molar-refractivity contribution in [3.05, 3.63) is 47.5 Å². The van der Waals surface area contributed by atoms with E-state index in [4.69, 9.17) is 9.47 Å². The Morgan fingerprint density at radius 3 is 2.55 bits per heavy atom. The maximum absolute atomic E-state index is 14.2. The number of carboxylic acids is 1. The van der Waals surface area contributed by atoms with Crippen LogP contribution in [-0.2, 0) is 35.8 Å². The number of benzene rings is 1. The molecule has 1 saturated carbocycles. The van der Waals surface area contributed by atoms with E-state index in [1.807, 2.05) is 30.4 Å². The number of alkyl carbamates (subject to hydrolysis) is 1. The fourth-order valence-electron chi connectivity index (χ4n) is 7.09. The van der Waals surface area contributed by atoms with Gasteiger partial charge in [-0.1, -0.05) is 63.1 Å². The molecule has 3 N–H and O–H groups in total. The van der Waals surface area contributed by atoms with E-state index in [9.17, 15) is 29.1 Å². The molecule has 1 aromatic carbocycles. The summed E-state index contributed by atoms with van der Waals surface area (Å²) in [5, 5.41) is 15.5. The minimum atomic E-state index is -1.46. The fraction of sp³-hybridized carbons (Fsp3) is 0.629. The summed E-state index contributed by atoms with van der Waals surface area (Å²) in [6, 6.07) is 5.88. The van der Waals surface area contributed by atoms with E-state index in [0.717, 1.165) is 24.8 Å². The Kier molecular flexibility index (Phi) is 9.62. The predicted octanol–water partition coefficient (Wildman–Crippen LogP) is 4.26. The molecule has 12 heteroatoms. The average molecular weight is 653 g/mol. The SMILES string of the molecule is CC(C)(C)OC(=O)N[C@H]1CCCCC/C=C\[C@@H]2C[C@@]2(C(=O)O)NC(=O)[C@@H]2C[C@@H](OC(=O)N3Cc4ccccc4C(C)(C)C3)CN2C1=O. The van der Waals surface area contributed by atoms with Gasteiger partial charge >= 0.3 is 18.2 Å². The predicted molar refractivity (Wildman–Crippen MR) is 172 cm³/mol. The molecule has 47 heavy (non-hydrogen) atoms. The molecular formula is C35H48N4O8. The first-order valence-electron chi connectivity index (χ1n) is 16.7. The summed E-state index contributed by atoms with van der Waals surface area (Å²) in [5.74, 6) is -2.64. The third-order valence-corrected chi connectivity index (χ3v) is 9.53. The summed E-state index contributed by atoms with van der Waals surface area (Å²) in [5.41, 5.74) is -0.362. The van der Waals surface area contributed by atoms with Gasteiger partial charge in [-0.05, 0) is 57.6 Å². The number of hydrogen-bond donors (Lipinski definition) is 3. The third-order valence-electron chi connectivity index (χ3n) is 9.53. The minimum absolute atomic E-state index is 0.00744. The molecule has 5 atom stereocenters. The van der Waals surface area contributed by atoms with E-state index in [1.54, 1.807) is 25.7 Å². The highest BCUT2D eigenvalue weighted by Gasteiger charge is 2.61. The van der Waals surface area contributed by atoms with Crippen LogP contribution < -0.4 is 10.6 Å². The van der Waals surface area contributed by atoms with Crippen molar-refractivity contribution < 1.29 is 38.6 Å². The molecular weight excluding hydrogens is 604 g/mol. The lowest BCUT2D eigenvalue weighted by Crippen LogP contribution is -2.56. The van der Waals surface area contributed by atoms with Crippen LogP contribution in [0.2, 0.25) is 0 Å². The molecule has 0 spiro atoms. The van der Waals surface area contributed by atoms with Crippen molar-refractivity contribution >= 4 is 30.0 Å². The van der Waals surface area contributed by atoms with Crippen molar-refractivity contribution in [1.29, 1.82) is 0 Å². The molecule has 4 amide bonds. The molecule has 3 heterocycles. The van der Waals surface area contributed by atoms with Crippen LogP contribution in [-0.4, -0.2) is 87.3 Å². The van der Waals surface area contributed by atoms with E-state index in [1.165, 1.54) is 10.5 Å². The zero-order chi connectivity index (χ0) is 34.1. The second-order valence-corrected chi connectivity index (χ2v) is 15.0. The number of nitrogens with one attached hydrogen (secondary N) is 2. The van der Waals surface area contributed by atoms with Crippen LogP contribution in [0, 0.1) is 5.92 Å². The second kappa shape index (κ2) is 13.2. The number of hydrogen-bond acceptors (Lipinski definition) is 7. The van der Waals surface area contributed by atoms with Gasteiger partial charge in [0.25, 0.3) is 0 Å². The Balaban J connectivity index is 1.38. The highest BCUT2D eigenvalue weighted by molar-refractivity contribution is 5.96. The molecule has 0 aromatic heterocycles. The molecule has 5 rings (SSSR count). The number of rotatable bonds is 3. The van der Waals surface area contributed by atoms with Crippen molar-refractivity contribution in [1.82, 2.24) is 20.4 Å². The number of ether oxygens (including phenoxy) is 2. The smallest absolute Gasteiger partial charge is 0.410 e. The molecule has 2 fully saturated rings. The molecule has 0 radical (unpaired) electrons. The number of carbonyl (C=O) groups is 5. The normalized spacial score (nSPS) is 29.9. The number of carboxylic acid groups (broad SMARTS) is 1. The number of amides is 4. The highest BCUT2D eigenvalue weighted by Crippen LogP contribution is 2.45. The lowest BCUT2D eigenvalue weighted by Gasteiger charge is -2.39. The van der Waals surface area contributed by atoms with E-state index in [0.29, 0.717) is 25.9 Å². The highest BCUT2D eigenvalue weighted by atomic mass is 16.6. The van der Waals surface area contributed by atoms with Gasteiger partial charge in [0, 0.05) is 30.8 Å². The molecule has 1 aromatic rings. The first-order valence-corrected chi connectivity index (χ1v) is 16.7. The van der Waals surface area contributed by atoms with Gasteiger partial charge < -0.3 is 35.0 Å². The zero-order valence-corrected chi connectivity index (χ0v) is 28.0. The molecule has 12 nitrogen and oxygen atoms in total. The van der Waals surface area contributed by atoms with Crippen LogP contribution in [0.4, 0.5) is 9.59 Å². The lowest BCUT2D eigenvalue weighted by molar-refractivity contribution is -0.145. The fourth-order valence-corrected chi connectivity index (χ4v) is 7.09. The number of fused-ring (bicyclic) bond motifs is 3.